The number of primary amides is 2. The Hall–Kier alpha value is -6.78. The number of aromatic nitrogens is 1. The van der Waals surface area contributed by atoms with Crippen molar-refractivity contribution in [2.24, 2.45) is 28.1 Å². The normalized spacial score (nSPS) is 14.7. The van der Waals surface area contributed by atoms with Crippen LogP contribution in [0.2, 0.25) is 0 Å². The SMILES string of the molecule is CN=C(N)NCCC[C@H](NC(=O)[C@H](CC(C)C)NC(=O)NNC(=O)[C@H](Cc1ccccc1)NC[C@@H](NC(=O)[C@@H](CC(N)=O)NC(C)C)[C@@H](C)O)C(=O)N[C@@H](Cc1c[nH]c2ccccc12)C(N)=O. The first-order valence-corrected chi connectivity index (χ1v) is 22.3. The number of rotatable bonds is 27. The van der Waals surface area contributed by atoms with Crippen LogP contribution in [0.25, 0.3) is 10.9 Å². The van der Waals surface area contributed by atoms with Crippen molar-refractivity contribution in [2.75, 3.05) is 20.1 Å². The molecule has 3 aromatic rings. The van der Waals surface area contributed by atoms with Gasteiger partial charge in [0.2, 0.25) is 29.5 Å². The largest absolute Gasteiger partial charge is 0.391 e. The second-order valence-electron chi connectivity index (χ2n) is 17.1. The summed E-state index contributed by atoms with van der Waals surface area (Å²) in [6.45, 7) is 8.93. The van der Waals surface area contributed by atoms with Crippen molar-refractivity contribution in [2.45, 2.75) is 122 Å². The first kappa shape index (κ1) is 54.6. The predicted molar refractivity (Wildman–Crippen MR) is 254 cm³/mol. The lowest BCUT2D eigenvalue weighted by Crippen LogP contribution is -2.60. The number of aliphatic imine (C=N–C) groups is 1. The van der Waals surface area contributed by atoms with E-state index in [2.05, 4.69) is 58.0 Å². The molecule has 0 fully saturated rings. The Balaban J connectivity index is 1.74. The third-order valence-corrected chi connectivity index (χ3v) is 10.6. The number of fused-ring (bicyclic) bond motifs is 1. The number of benzene rings is 2. The summed E-state index contributed by atoms with van der Waals surface area (Å²) < 4.78 is 0. The van der Waals surface area contributed by atoms with Crippen molar-refractivity contribution in [3.63, 3.8) is 0 Å². The maximum Gasteiger partial charge on any atom is 0.334 e. The number of amides is 8. The highest BCUT2D eigenvalue weighted by molar-refractivity contribution is 5.95. The molecular formula is C45H70N14O8. The van der Waals surface area contributed by atoms with Crippen molar-refractivity contribution in [1.29, 1.82) is 0 Å². The summed E-state index contributed by atoms with van der Waals surface area (Å²) in [6, 6.07) is 8.96. The van der Waals surface area contributed by atoms with Gasteiger partial charge in [0.1, 0.15) is 18.1 Å². The number of para-hydroxylation sites is 1. The number of urea groups is 1. The van der Waals surface area contributed by atoms with Gasteiger partial charge in [0.05, 0.1) is 30.7 Å². The number of hydrazine groups is 1. The fraction of sp³-hybridized carbons (Fsp3) is 0.511. The number of guanidine groups is 1. The molecule has 368 valence electrons. The summed E-state index contributed by atoms with van der Waals surface area (Å²) in [4.78, 5) is 99.5. The standard InChI is InChI=1S/C45H70N14O8/c1-25(2)19-35(41(64)54-32(17-12-18-50-44(48)49-6)40(63)55-33(39(47)62)21-29-23-51-31-16-11-10-15-30(29)31)57-45(67)59-58-43(66)34(20-28-13-8-7-9-14-28)52-24-37(27(5)60)56-42(65)36(22-38(46)61)53-26(3)4/h7-11,13-16,23,25-27,32-37,51-53,60H,12,17-22,24H2,1-6H3,(H2,46,61)(H2,47,62)(H,54,64)(H,55,63)(H,56,65)(H,58,66)(H3,48,49,50)(H2,57,59,67)/t27-,32+,33+,34+,35+,36-,37-/m1/s1. The Bertz CT molecular complexity index is 2130. The van der Waals surface area contributed by atoms with E-state index in [-0.39, 0.29) is 56.6 Å². The molecule has 0 saturated carbocycles. The maximum absolute atomic E-state index is 14.0. The van der Waals surface area contributed by atoms with Crippen molar-refractivity contribution in [3.8, 4) is 0 Å². The third kappa shape index (κ3) is 19.3. The van der Waals surface area contributed by atoms with E-state index in [4.69, 9.17) is 17.2 Å². The van der Waals surface area contributed by atoms with Crippen LogP contribution in [-0.2, 0) is 41.6 Å². The highest BCUT2D eigenvalue weighted by atomic mass is 16.3. The first-order valence-electron chi connectivity index (χ1n) is 22.3. The molecule has 22 nitrogen and oxygen atoms in total. The number of nitrogens with zero attached hydrogens (tertiary/aromatic N) is 1. The third-order valence-electron chi connectivity index (χ3n) is 10.6. The zero-order valence-corrected chi connectivity index (χ0v) is 39.1. The molecule has 0 aliphatic carbocycles. The van der Waals surface area contributed by atoms with E-state index in [1.165, 1.54) is 14.0 Å². The molecule has 17 N–H and O–H groups in total. The van der Waals surface area contributed by atoms with Crippen LogP contribution in [-0.4, -0.2) is 126 Å². The molecule has 67 heavy (non-hydrogen) atoms. The molecule has 0 unspecified atom stereocenters. The van der Waals surface area contributed by atoms with E-state index >= 15 is 0 Å². The predicted octanol–water partition coefficient (Wildman–Crippen LogP) is -1.47. The molecule has 22 heteroatoms. The molecular weight excluding hydrogens is 865 g/mol. The molecule has 0 saturated heterocycles. The topological polar surface area (TPSA) is 354 Å². The lowest BCUT2D eigenvalue weighted by Gasteiger charge is -2.28. The summed E-state index contributed by atoms with van der Waals surface area (Å²) in [7, 11) is 1.51. The van der Waals surface area contributed by atoms with Gasteiger partial charge in [0.25, 0.3) is 5.91 Å². The van der Waals surface area contributed by atoms with Crippen LogP contribution in [0.3, 0.4) is 0 Å². The van der Waals surface area contributed by atoms with Gasteiger partial charge in [0, 0.05) is 49.7 Å². The quantitative estimate of drug-likeness (QED) is 0.0180. The monoisotopic (exact) mass is 935 g/mol. The van der Waals surface area contributed by atoms with Crippen molar-refractivity contribution < 1.29 is 38.7 Å². The van der Waals surface area contributed by atoms with Crippen LogP contribution in [0.5, 0.6) is 0 Å². The molecule has 8 amide bonds. The van der Waals surface area contributed by atoms with Gasteiger partial charge < -0.3 is 64.5 Å². The van der Waals surface area contributed by atoms with Gasteiger partial charge in [-0.1, -0.05) is 76.2 Å². The zero-order chi connectivity index (χ0) is 49.6. The van der Waals surface area contributed by atoms with Crippen LogP contribution in [0.1, 0.15) is 71.4 Å². The molecule has 0 aliphatic rings. The second-order valence-corrected chi connectivity index (χ2v) is 17.1. The number of hydrogen-bond donors (Lipinski definition) is 14. The van der Waals surface area contributed by atoms with Gasteiger partial charge in [-0.25, -0.2) is 10.2 Å². The van der Waals surface area contributed by atoms with Gasteiger partial charge in [-0.05, 0) is 55.7 Å². The summed E-state index contributed by atoms with van der Waals surface area (Å²) in [5.41, 5.74) is 23.9. The van der Waals surface area contributed by atoms with Crippen LogP contribution < -0.4 is 65.3 Å². The van der Waals surface area contributed by atoms with E-state index in [1.54, 1.807) is 44.3 Å². The first-order chi connectivity index (χ1) is 31.8. The highest BCUT2D eigenvalue weighted by Crippen LogP contribution is 2.19. The number of carbonyl (C=O) groups excluding carboxylic acids is 7. The maximum atomic E-state index is 14.0. The number of carbonyl (C=O) groups is 7. The average Bonchev–Trinajstić information content (AvgIpc) is 3.68. The molecule has 1 aromatic heterocycles. The fourth-order valence-corrected chi connectivity index (χ4v) is 7.09. The Kier molecular flexibility index (Phi) is 22.5. The average molecular weight is 935 g/mol. The molecule has 0 bridgehead atoms. The van der Waals surface area contributed by atoms with Gasteiger partial charge in [0.15, 0.2) is 5.96 Å². The van der Waals surface area contributed by atoms with Gasteiger partial charge >= 0.3 is 6.03 Å². The number of aliphatic hydroxyl groups is 1. The van der Waals surface area contributed by atoms with Crippen LogP contribution in [0.15, 0.2) is 65.8 Å². The molecule has 0 spiro atoms. The smallest absolute Gasteiger partial charge is 0.334 e. The molecule has 0 aliphatic heterocycles. The van der Waals surface area contributed by atoms with E-state index in [1.807, 2.05) is 44.2 Å². The highest BCUT2D eigenvalue weighted by Gasteiger charge is 2.31. The van der Waals surface area contributed by atoms with Gasteiger partial charge in [-0.3, -0.25) is 39.2 Å². The Labute approximate surface area is 390 Å². The van der Waals surface area contributed by atoms with Crippen LogP contribution in [0, 0.1) is 5.92 Å². The van der Waals surface area contributed by atoms with Crippen LogP contribution in [0.4, 0.5) is 4.79 Å². The number of nitrogens with one attached hydrogen (secondary N) is 10. The molecule has 7 atom stereocenters. The fourth-order valence-electron chi connectivity index (χ4n) is 7.09. The van der Waals surface area contributed by atoms with E-state index < -0.39 is 83.8 Å². The van der Waals surface area contributed by atoms with Crippen LogP contribution >= 0.6 is 0 Å². The minimum absolute atomic E-state index is 0.0780. The number of aromatic amines is 1. The molecule has 3 rings (SSSR count). The Morgan fingerprint density at radius 1 is 0.716 bits per heavy atom. The van der Waals surface area contributed by atoms with E-state index in [0.717, 1.165) is 22.0 Å². The lowest BCUT2D eigenvalue weighted by molar-refractivity contribution is -0.132. The second kappa shape index (κ2) is 27.6. The van der Waals surface area contributed by atoms with E-state index in [0.29, 0.717) is 13.0 Å². The summed E-state index contributed by atoms with van der Waals surface area (Å²) in [5, 5.41) is 31.2. The number of H-pyrrole nitrogens is 1. The van der Waals surface area contributed by atoms with Crippen molar-refractivity contribution in [3.05, 3.63) is 71.9 Å². The van der Waals surface area contributed by atoms with Crippen molar-refractivity contribution in [1.82, 2.24) is 53.1 Å². The minimum Gasteiger partial charge on any atom is -0.391 e. The lowest BCUT2D eigenvalue weighted by atomic mass is 10.0. The Morgan fingerprint density at radius 2 is 1.36 bits per heavy atom. The number of hydrogen-bond acceptors (Lipinski definition) is 11. The zero-order valence-electron chi connectivity index (χ0n) is 39.1. The van der Waals surface area contributed by atoms with Crippen molar-refractivity contribution >= 4 is 58.3 Å². The summed E-state index contributed by atoms with van der Waals surface area (Å²) in [6.07, 6.45) is 1.13. The molecule has 2 aromatic carbocycles. The summed E-state index contributed by atoms with van der Waals surface area (Å²) in [5.74, 6) is -4.07. The Morgan fingerprint density at radius 3 is 1.99 bits per heavy atom. The van der Waals surface area contributed by atoms with E-state index in [9.17, 15) is 38.7 Å². The molecule has 1 heterocycles. The summed E-state index contributed by atoms with van der Waals surface area (Å²) >= 11 is 0. The van der Waals surface area contributed by atoms with Gasteiger partial charge in [-0.15, -0.1) is 0 Å². The molecule has 0 radical (unpaired) electrons. The number of nitrogens with two attached hydrogens (primary N) is 3. The minimum atomic E-state index is -1.19. The van der Waals surface area contributed by atoms with Gasteiger partial charge in [-0.2, -0.15) is 0 Å². The number of aliphatic hydroxyl groups excluding tert-OH is 1.